The maximum Gasteiger partial charge on any atom is 0.192 e. The lowest BCUT2D eigenvalue weighted by Crippen LogP contribution is -2.07. The van der Waals surface area contributed by atoms with Gasteiger partial charge in [0.15, 0.2) is 16.8 Å². The molecule has 0 spiro atoms. The van der Waals surface area contributed by atoms with Crippen molar-refractivity contribution in [3.8, 4) is 17.1 Å². The second-order valence-electron chi connectivity index (χ2n) is 6.33. The Morgan fingerprint density at radius 1 is 1.19 bits per heavy atom. The monoisotopic (exact) mass is 401 g/mol. The highest BCUT2D eigenvalue weighted by molar-refractivity contribution is 7.99. The number of carbonyl (C=O) groups excluding carboxylic acids is 1. The Labute approximate surface area is 167 Å². The topological polar surface area (TPSA) is 57.0 Å². The standard InChI is InChI=1S/C20H23N3O2S2/c1-5-16-10-11-18(27-16)17(24)12-26-20-22-21-19(23(20)13(2)3)14-6-8-15(25-4)9-7-14/h6-11,13H,5,12H2,1-4H3. The van der Waals surface area contributed by atoms with Gasteiger partial charge in [-0.25, -0.2) is 0 Å². The van der Waals surface area contributed by atoms with Crippen molar-refractivity contribution in [2.24, 2.45) is 0 Å². The molecule has 0 saturated carbocycles. The van der Waals surface area contributed by atoms with Gasteiger partial charge in [-0.1, -0.05) is 18.7 Å². The number of hydrogen-bond acceptors (Lipinski definition) is 6. The zero-order chi connectivity index (χ0) is 19.4. The summed E-state index contributed by atoms with van der Waals surface area (Å²) in [4.78, 5) is 14.5. The number of carbonyl (C=O) groups is 1. The summed E-state index contributed by atoms with van der Waals surface area (Å²) in [6, 6.07) is 11.9. The zero-order valence-electron chi connectivity index (χ0n) is 15.9. The van der Waals surface area contributed by atoms with E-state index in [2.05, 4.69) is 35.5 Å². The fraction of sp³-hybridized carbons (Fsp3) is 0.350. The Morgan fingerprint density at radius 2 is 1.93 bits per heavy atom. The minimum absolute atomic E-state index is 0.133. The quantitative estimate of drug-likeness (QED) is 0.387. The first-order valence-corrected chi connectivity index (χ1v) is 10.7. The molecule has 7 heteroatoms. The van der Waals surface area contributed by atoms with Crippen LogP contribution < -0.4 is 4.74 Å². The summed E-state index contributed by atoms with van der Waals surface area (Å²) in [6.45, 7) is 6.28. The molecule has 5 nitrogen and oxygen atoms in total. The molecule has 2 aromatic heterocycles. The number of rotatable bonds is 8. The lowest BCUT2D eigenvalue weighted by atomic mass is 10.2. The van der Waals surface area contributed by atoms with Crippen LogP contribution in [0.25, 0.3) is 11.4 Å². The van der Waals surface area contributed by atoms with Crippen molar-refractivity contribution < 1.29 is 9.53 Å². The molecule has 0 aliphatic rings. The van der Waals surface area contributed by atoms with E-state index in [4.69, 9.17) is 4.74 Å². The molecular formula is C20H23N3O2S2. The molecule has 0 saturated heterocycles. The summed E-state index contributed by atoms with van der Waals surface area (Å²) in [7, 11) is 1.65. The van der Waals surface area contributed by atoms with Crippen LogP contribution in [-0.2, 0) is 6.42 Å². The summed E-state index contributed by atoms with van der Waals surface area (Å²) < 4.78 is 7.30. The van der Waals surface area contributed by atoms with Gasteiger partial charge in [-0.05, 0) is 56.7 Å². The minimum atomic E-state index is 0.133. The predicted octanol–water partition coefficient (Wildman–Crippen LogP) is 5.13. The Kier molecular flexibility index (Phi) is 6.34. The van der Waals surface area contributed by atoms with Crippen LogP contribution in [0.15, 0.2) is 41.6 Å². The lowest BCUT2D eigenvalue weighted by molar-refractivity contribution is 0.102. The summed E-state index contributed by atoms with van der Waals surface area (Å²) in [5.74, 6) is 2.09. The number of benzene rings is 1. The molecule has 2 heterocycles. The molecule has 0 aliphatic carbocycles. The zero-order valence-corrected chi connectivity index (χ0v) is 17.6. The Balaban J connectivity index is 1.79. The lowest BCUT2D eigenvalue weighted by Gasteiger charge is -2.13. The fourth-order valence-corrected chi connectivity index (χ4v) is 4.62. The van der Waals surface area contributed by atoms with Crippen molar-refractivity contribution in [2.45, 2.75) is 38.4 Å². The van der Waals surface area contributed by atoms with E-state index in [9.17, 15) is 4.79 Å². The molecule has 1 aromatic carbocycles. The van der Waals surface area contributed by atoms with Crippen molar-refractivity contribution in [3.05, 3.63) is 46.2 Å². The number of hydrogen-bond donors (Lipinski definition) is 0. The van der Waals surface area contributed by atoms with Crippen LogP contribution in [0.4, 0.5) is 0 Å². The molecule has 0 fully saturated rings. The molecule has 0 unspecified atom stereocenters. The smallest absolute Gasteiger partial charge is 0.192 e. The summed E-state index contributed by atoms with van der Waals surface area (Å²) in [5.41, 5.74) is 0.973. The van der Waals surface area contributed by atoms with E-state index in [1.54, 1.807) is 18.4 Å². The van der Waals surface area contributed by atoms with Crippen LogP contribution in [0.2, 0.25) is 0 Å². The number of aromatic nitrogens is 3. The number of thiophene rings is 1. The minimum Gasteiger partial charge on any atom is -0.497 e. The maximum absolute atomic E-state index is 12.5. The van der Waals surface area contributed by atoms with E-state index < -0.39 is 0 Å². The first-order valence-electron chi connectivity index (χ1n) is 8.87. The molecule has 142 valence electrons. The first kappa shape index (κ1) is 19.6. The average molecular weight is 402 g/mol. The Bertz CT molecular complexity index is 914. The van der Waals surface area contributed by atoms with E-state index in [0.29, 0.717) is 5.75 Å². The van der Waals surface area contributed by atoms with Crippen molar-refractivity contribution in [1.29, 1.82) is 0 Å². The van der Waals surface area contributed by atoms with Gasteiger partial charge in [0.1, 0.15) is 5.75 Å². The number of aryl methyl sites for hydroxylation is 1. The second kappa shape index (κ2) is 8.71. The van der Waals surface area contributed by atoms with Gasteiger partial charge in [0.25, 0.3) is 0 Å². The van der Waals surface area contributed by atoms with Gasteiger partial charge < -0.3 is 4.74 Å². The number of ether oxygens (including phenoxy) is 1. The highest BCUT2D eigenvalue weighted by Gasteiger charge is 2.18. The third kappa shape index (κ3) is 4.42. The Hall–Kier alpha value is -2.12. The van der Waals surface area contributed by atoms with Crippen LogP contribution in [-0.4, -0.2) is 33.4 Å². The predicted molar refractivity (Wildman–Crippen MR) is 111 cm³/mol. The molecule has 0 atom stereocenters. The van der Waals surface area contributed by atoms with Crippen molar-refractivity contribution in [2.75, 3.05) is 12.9 Å². The van der Waals surface area contributed by atoms with Crippen molar-refractivity contribution >= 4 is 28.9 Å². The van der Waals surface area contributed by atoms with Gasteiger partial charge in [-0.2, -0.15) is 0 Å². The van der Waals surface area contributed by atoms with Gasteiger partial charge in [0.05, 0.1) is 17.7 Å². The summed E-state index contributed by atoms with van der Waals surface area (Å²) >= 11 is 3.01. The number of nitrogens with zero attached hydrogens (tertiary/aromatic N) is 3. The fourth-order valence-electron chi connectivity index (χ4n) is 2.70. The number of methoxy groups -OCH3 is 1. The average Bonchev–Trinajstić information content (AvgIpc) is 3.33. The van der Waals surface area contributed by atoms with Crippen LogP contribution in [0.1, 0.15) is 41.4 Å². The molecule has 0 N–H and O–H groups in total. The van der Waals surface area contributed by atoms with Gasteiger partial charge in [0, 0.05) is 16.5 Å². The first-order chi connectivity index (χ1) is 13.0. The van der Waals surface area contributed by atoms with Gasteiger partial charge in [-0.3, -0.25) is 9.36 Å². The van der Waals surface area contributed by atoms with Crippen LogP contribution in [0, 0.1) is 0 Å². The normalized spacial score (nSPS) is 11.1. The molecule has 0 radical (unpaired) electrons. The number of thioether (sulfide) groups is 1. The molecule has 0 bridgehead atoms. The van der Waals surface area contributed by atoms with E-state index >= 15 is 0 Å². The number of ketones is 1. The molecule has 27 heavy (non-hydrogen) atoms. The molecule has 0 amide bonds. The van der Waals surface area contributed by atoms with Gasteiger partial charge in [-0.15, -0.1) is 21.5 Å². The number of Topliss-reactive ketones (excluding diaryl/α,β-unsaturated/α-hetero) is 1. The molecular weight excluding hydrogens is 378 g/mol. The van der Waals surface area contributed by atoms with Crippen LogP contribution >= 0.6 is 23.1 Å². The van der Waals surface area contributed by atoms with Crippen molar-refractivity contribution in [1.82, 2.24) is 14.8 Å². The van der Waals surface area contributed by atoms with Crippen molar-refractivity contribution in [3.63, 3.8) is 0 Å². The molecule has 3 aromatic rings. The third-order valence-corrected chi connectivity index (χ3v) is 6.36. The van der Waals surface area contributed by atoms with Gasteiger partial charge in [0.2, 0.25) is 0 Å². The SMILES string of the molecule is CCc1ccc(C(=O)CSc2nnc(-c3ccc(OC)cc3)n2C(C)C)s1. The van der Waals surface area contributed by atoms with Crippen LogP contribution in [0.3, 0.4) is 0 Å². The van der Waals surface area contributed by atoms with Gasteiger partial charge >= 0.3 is 0 Å². The largest absolute Gasteiger partial charge is 0.497 e. The summed E-state index contributed by atoms with van der Waals surface area (Å²) in [6.07, 6.45) is 0.956. The third-order valence-electron chi connectivity index (χ3n) is 4.15. The molecule has 3 rings (SSSR count). The summed E-state index contributed by atoms with van der Waals surface area (Å²) in [5, 5.41) is 9.47. The van der Waals surface area contributed by atoms with E-state index in [1.807, 2.05) is 36.4 Å². The van der Waals surface area contributed by atoms with E-state index in [1.165, 1.54) is 16.6 Å². The highest BCUT2D eigenvalue weighted by Crippen LogP contribution is 2.29. The second-order valence-corrected chi connectivity index (χ2v) is 8.44. The maximum atomic E-state index is 12.5. The van der Waals surface area contributed by atoms with Crippen LogP contribution in [0.5, 0.6) is 5.75 Å². The molecule has 0 aliphatic heterocycles. The van der Waals surface area contributed by atoms with E-state index in [-0.39, 0.29) is 11.8 Å². The Morgan fingerprint density at radius 3 is 2.52 bits per heavy atom. The van der Waals surface area contributed by atoms with E-state index in [0.717, 1.165) is 33.6 Å². The highest BCUT2D eigenvalue weighted by atomic mass is 32.2.